The van der Waals surface area contributed by atoms with Crippen molar-refractivity contribution in [3.63, 3.8) is 0 Å². The zero-order chi connectivity index (χ0) is 17.5. The van der Waals surface area contributed by atoms with Gasteiger partial charge in [0.1, 0.15) is 11.9 Å². The van der Waals surface area contributed by atoms with Gasteiger partial charge in [-0.15, -0.1) is 0 Å². The predicted octanol–water partition coefficient (Wildman–Crippen LogP) is 3.31. The summed E-state index contributed by atoms with van der Waals surface area (Å²) in [6, 6.07) is 10.7. The highest BCUT2D eigenvalue weighted by atomic mass is 19.3. The van der Waals surface area contributed by atoms with Gasteiger partial charge in [0.2, 0.25) is 5.91 Å². The Bertz CT molecular complexity index is 770. The highest BCUT2D eigenvalue weighted by Gasteiger charge is 2.49. The maximum atomic E-state index is 14.0. The van der Waals surface area contributed by atoms with Crippen LogP contribution >= 0.6 is 0 Å². The van der Waals surface area contributed by atoms with Gasteiger partial charge in [-0.05, 0) is 35.6 Å². The highest BCUT2D eigenvalue weighted by molar-refractivity contribution is 5.90. The van der Waals surface area contributed by atoms with Gasteiger partial charge in [0.05, 0.1) is 5.41 Å². The molecule has 2 aromatic rings. The van der Waals surface area contributed by atoms with E-state index in [0.29, 0.717) is 11.1 Å². The third-order valence-corrected chi connectivity index (χ3v) is 4.55. The molecule has 3 nitrogen and oxygen atoms in total. The first-order valence-electron chi connectivity index (χ1n) is 7.51. The molecule has 1 fully saturated rings. The van der Waals surface area contributed by atoms with Crippen LogP contribution in [0.15, 0.2) is 42.5 Å². The summed E-state index contributed by atoms with van der Waals surface area (Å²) >= 11 is 0. The monoisotopic (exact) mass is 335 g/mol. The summed E-state index contributed by atoms with van der Waals surface area (Å²) in [7, 11) is 0. The number of primary amides is 1. The minimum absolute atomic E-state index is 0.355. The summed E-state index contributed by atoms with van der Waals surface area (Å²) in [5.74, 6) is -1.24. The van der Waals surface area contributed by atoms with Crippen LogP contribution in [0, 0.1) is 5.82 Å². The van der Waals surface area contributed by atoms with Crippen molar-refractivity contribution in [1.82, 2.24) is 0 Å². The number of hydrogen-bond acceptors (Lipinski definition) is 2. The van der Waals surface area contributed by atoms with Crippen LogP contribution in [0.5, 0.6) is 0 Å². The molecule has 0 aromatic heterocycles. The Hall–Kier alpha value is -2.34. The van der Waals surface area contributed by atoms with Gasteiger partial charge in [-0.3, -0.25) is 4.79 Å². The minimum atomic E-state index is -3.05. The Balaban J connectivity index is 1.87. The summed E-state index contributed by atoms with van der Waals surface area (Å²) in [6.45, 7) is 0. The van der Waals surface area contributed by atoms with E-state index in [2.05, 4.69) is 0 Å². The van der Waals surface area contributed by atoms with E-state index in [1.165, 1.54) is 6.07 Å². The molecule has 0 radical (unpaired) electrons. The van der Waals surface area contributed by atoms with Gasteiger partial charge in [-0.25, -0.2) is 13.2 Å². The molecule has 1 aliphatic rings. The number of hydrogen-bond donors (Lipinski definition) is 2. The average molecular weight is 335 g/mol. The summed E-state index contributed by atoms with van der Waals surface area (Å²) < 4.78 is 39.0. The van der Waals surface area contributed by atoms with Gasteiger partial charge in [0.25, 0.3) is 6.43 Å². The van der Waals surface area contributed by atoms with Crippen LogP contribution in [-0.2, 0) is 10.2 Å². The molecular weight excluding hydrogens is 319 g/mol. The molecule has 3 N–H and O–H groups in total. The van der Waals surface area contributed by atoms with E-state index in [-0.39, 0.29) is 5.91 Å². The van der Waals surface area contributed by atoms with Crippen LogP contribution in [0.1, 0.15) is 30.1 Å². The van der Waals surface area contributed by atoms with Crippen LogP contribution in [0.25, 0.3) is 11.1 Å². The first-order chi connectivity index (χ1) is 11.3. The minimum Gasteiger partial charge on any atom is -0.382 e. The largest absolute Gasteiger partial charge is 0.382 e. The summed E-state index contributed by atoms with van der Waals surface area (Å²) in [5.41, 5.74) is 6.40. The fraction of sp³-hybridized carbons (Fsp3) is 0.278. The van der Waals surface area contributed by atoms with Crippen molar-refractivity contribution in [2.24, 2.45) is 5.73 Å². The average Bonchev–Trinajstić information content (AvgIpc) is 3.36. The Labute approximate surface area is 136 Å². The molecule has 2 aromatic carbocycles. The van der Waals surface area contributed by atoms with E-state index in [0.717, 1.165) is 30.5 Å². The Morgan fingerprint density at radius 1 is 1.08 bits per heavy atom. The van der Waals surface area contributed by atoms with Crippen LogP contribution < -0.4 is 5.73 Å². The number of carbonyl (C=O) groups is 1. The Kier molecular flexibility index (Phi) is 4.09. The number of aliphatic hydroxyl groups is 1. The number of nitrogens with two attached hydrogens (primary N) is 1. The molecule has 1 saturated carbocycles. The number of carbonyl (C=O) groups excluding carboxylic acids is 1. The first-order valence-corrected chi connectivity index (χ1v) is 7.51. The van der Waals surface area contributed by atoms with Crippen LogP contribution in [-0.4, -0.2) is 17.4 Å². The van der Waals surface area contributed by atoms with Crippen molar-refractivity contribution in [2.75, 3.05) is 0 Å². The fourth-order valence-electron chi connectivity index (χ4n) is 2.87. The summed E-state index contributed by atoms with van der Waals surface area (Å²) in [6.07, 6.45) is -3.76. The van der Waals surface area contributed by atoms with Crippen LogP contribution in [0.3, 0.4) is 0 Å². The number of benzene rings is 2. The molecule has 6 heteroatoms. The summed E-state index contributed by atoms with van der Waals surface area (Å²) in [4.78, 5) is 11.5. The molecule has 1 amide bonds. The van der Waals surface area contributed by atoms with E-state index in [1.54, 1.807) is 24.3 Å². The van der Waals surface area contributed by atoms with E-state index < -0.39 is 29.3 Å². The third-order valence-electron chi connectivity index (χ3n) is 4.55. The number of halogens is 3. The van der Waals surface area contributed by atoms with Gasteiger partial charge >= 0.3 is 0 Å². The smallest absolute Gasteiger partial charge is 0.268 e. The van der Waals surface area contributed by atoms with Crippen LogP contribution in [0.2, 0.25) is 0 Å². The van der Waals surface area contributed by atoms with Crippen molar-refractivity contribution in [3.8, 4) is 11.1 Å². The molecule has 0 bridgehead atoms. The Morgan fingerprint density at radius 3 is 2.12 bits per heavy atom. The molecule has 24 heavy (non-hydrogen) atoms. The zero-order valence-electron chi connectivity index (χ0n) is 12.7. The normalized spacial score (nSPS) is 16.9. The van der Waals surface area contributed by atoms with Crippen molar-refractivity contribution < 1.29 is 23.1 Å². The first kappa shape index (κ1) is 16.5. The maximum Gasteiger partial charge on any atom is 0.268 e. The van der Waals surface area contributed by atoms with Crippen molar-refractivity contribution in [3.05, 3.63) is 59.4 Å². The fourth-order valence-corrected chi connectivity index (χ4v) is 2.87. The standard InChI is InChI=1S/C18H16F3NO2/c19-14-9-11(3-6-13(14)15(23)16(20)21)10-1-4-12(5-2-10)18(7-8-18)17(22)24/h1-6,9,15-16,23H,7-8H2,(H2,22,24). The van der Waals surface area contributed by atoms with Gasteiger partial charge in [0, 0.05) is 5.56 Å². The maximum absolute atomic E-state index is 14.0. The number of alkyl halides is 2. The van der Waals surface area contributed by atoms with Crippen molar-refractivity contribution in [1.29, 1.82) is 0 Å². The molecule has 126 valence electrons. The van der Waals surface area contributed by atoms with Gasteiger partial charge in [-0.2, -0.15) is 0 Å². The number of amides is 1. The second-order valence-corrected chi connectivity index (χ2v) is 6.04. The lowest BCUT2D eigenvalue weighted by Crippen LogP contribution is -2.28. The quantitative estimate of drug-likeness (QED) is 0.880. The zero-order valence-corrected chi connectivity index (χ0v) is 12.7. The molecule has 3 rings (SSSR count). The number of aliphatic hydroxyl groups excluding tert-OH is 1. The predicted molar refractivity (Wildman–Crippen MR) is 82.9 cm³/mol. The molecule has 1 aliphatic carbocycles. The third kappa shape index (κ3) is 2.78. The van der Waals surface area contributed by atoms with E-state index in [1.807, 2.05) is 0 Å². The van der Waals surface area contributed by atoms with Gasteiger partial charge in [-0.1, -0.05) is 36.4 Å². The second kappa shape index (κ2) is 5.94. The van der Waals surface area contributed by atoms with Crippen molar-refractivity contribution in [2.45, 2.75) is 30.8 Å². The highest BCUT2D eigenvalue weighted by Crippen LogP contribution is 2.48. The van der Waals surface area contributed by atoms with Gasteiger partial charge in [0.15, 0.2) is 0 Å². The SMILES string of the molecule is NC(=O)C1(c2ccc(-c3ccc(C(O)C(F)F)c(F)c3)cc2)CC1. The molecule has 1 atom stereocenters. The van der Waals surface area contributed by atoms with Crippen LogP contribution in [0.4, 0.5) is 13.2 Å². The molecule has 0 heterocycles. The molecular formula is C18H16F3NO2. The number of rotatable bonds is 5. The second-order valence-electron chi connectivity index (χ2n) is 6.04. The van der Waals surface area contributed by atoms with E-state index in [9.17, 15) is 23.1 Å². The van der Waals surface area contributed by atoms with Gasteiger partial charge < -0.3 is 10.8 Å². The molecule has 0 spiro atoms. The van der Waals surface area contributed by atoms with E-state index >= 15 is 0 Å². The summed E-state index contributed by atoms with van der Waals surface area (Å²) in [5, 5.41) is 9.29. The lowest BCUT2D eigenvalue weighted by atomic mass is 9.93. The lowest BCUT2D eigenvalue weighted by Gasteiger charge is -2.14. The topological polar surface area (TPSA) is 63.3 Å². The Morgan fingerprint density at radius 2 is 1.67 bits per heavy atom. The molecule has 0 saturated heterocycles. The van der Waals surface area contributed by atoms with Crippen molar-refractivity contribution >= 4 is 5.91 Å². The van der Waals surface area contributed by atoms with E-state index in [4.69, 9.17) is 5.73 Å². The molecule has 0 aliphatic heterocycles. The molecule has 1 unspecified atom stereocenters. The lowest BCUT2D eigenvalue weighted by molar-refractivity contribution is -0.120.